The molecule has 2 aliphatic heterocycles. The lowest BCUT2D eigenvalue weighted by Crippen LogP contribution is -2.42. The minimum absolute atomic E-state index is 0.00990. The van der Waals surface area contributed by atoms with E-state index in [1.54, 1.807) is 21.6 Å². The first-order valence-corrected chi connectivity index (χ1v) is 30.5. The summed E-state index contributed by atoms with van der Waals surface area (Å²) in [5.41, 5.74) is 15.2. The minimum Gasteiger partial charge on any atom is -0.504 e. The van der Waals surface area contributed by atoms with Crippen LogP contribution in [0.25, 0.3) is 0 Å². The molecule has 408 valence electrons. The van der Waals surface area contributed by atoms with Crippen molar-refractivity contribution in [2.45, 2.75) is 127 Å². The number of aromatic amines is 1. The molecule has 0 spiro atoms. The van der Waals surface area contributed by atoms with Crippen LogP contribution in [0.1, 0.15) is 111 Å². The van der Waals surface area contributed by atoms with Crippen molar-refractivity contribution < 1.29 is 40.1 Å². The van der Waals surface area contributed by atoms with Crippen molar-refractivity contribution in [1.29, 1.82) is 0 Å². The van der Waals surface area contributed by atoms with E-state index in [0.29, 0.717) is 62.4 Å². The average molecular weight is 1070 g/mol. The first-order valence-electron chi connectivity index (χ1n) is 28.1. The van der Waals surface area contributed by atoms with Gasteiger partial charge in [-0.25, -0.2) is 0 Å². The SMILES string of the molecule is CC[C@H]1Cc2cc(O)c(O[C@H]3C[C@@H](Cc4ccc[nH]4)C4=CCNC(N)=C4CSSC[C@H](CO)[C@@H]3O)cc2[C@H]2C[C@@H](O)[C@H]3[C@@H](OCCO)CCCC[C@](CCO)(C[C@H](CCc4ccccc4)c4ccccc4)C#C[C@H]3C=C12. The summed E-state index contributed by atoms with van der Waals surface area (Å²) in [6.07, 6.45) is 12.9. The third-order valence-corrected chi connectivity index (χ3v) is 19.7. The molecule has 0 amide bonds. The first-order chi connectivity index (χ1) is 37.1. The first kappa shape index (κ1) is 56.1. The molecule has 10 N–H and O–H groups in total. The summed E-state index contributed by atoms with van der Waals surface area (Å²) in [6, 6.07) is 29.2. The minimum atomic E-state index is -1.06. The molecular formula is C63H81N3O8S2. The summed E-state index contributed by atoms with van der Waals surface area (Å²) in [5, 5.41) is 72.3. The third kappa shape index (κ3) is 13.4. The molecule has 1 saturated heterocycles. The van der Waals surface area contributed by atoms with Gasteiger partial charge in [0, 0.05) is 77.8 Å². The van der Waals surface area contributed by atoms with E-state index >= 15 is 0 Å². The number of benzene rings is 3. The zero-order valence-electron chi connectivity index (χ0n) is 44.2. The van der Waals surface area contributed by atoms with E-state index in [-0.39, 0.29) is 79.5 Å². The Hall–Kier alpha value is -4.62. The molecule has 0 radical (unpaired) electrons. The summed E-state index contributed by atoms with van der Waals surface area (Å²) in [6.45, 7) is 2.62. The highest BCUT2D eigenvalue weighted by molar-refractivity contribution is 8.76. The topological polar surface area (TPSA) is 194 Å². The van der Waals surface area contributed by atoms with Gasteiger partial charge >= 0.3 is 0 Å². The highest BCUT2D eigenvalue weighted by Gasteiger charge is 2.44. The van der Waals surface area contributed by atoms with Crippen LogP contribution < -0.4 is 15.8 Å². The molecule has 11 nitrogen and oxygen atoms in total. The van der Waals surface area contributed by atoms with E-state index in [9.17, 15) is 30.6 Å². The number of hydrogen-bond acceptors (Lipinski definition) is 12. The van der Waals surface area contributed by atoms with Gasteiger partial charge in [-0.1, -0.05) is 132 Å². The fraction of sp³-hybridized carbons (Fsp3) is 0.524. The van der Waals surface area contributed by atoms with Crippen molar-refractivity contribution >= 4 is 21.6 Å². The highest BCUT2D eigenvalue weighted by atomic mass is 33.1. The van der Waals surface area contributed by atoms with Gasteiger partial charge in [0.2, 0.25) is 0 Å². The van der Waals surface area contributed by atoms with Crippen LogP contribution in [-0.4, -0.2) is 105 Å². The van der Waals surface area contributed by atoms with Crippen LogP contribution in [0.15, 0.2) is 126 Å². The van der Waals surface area contributed by atoms with Gasteiger partial charge in [0.1, 0.15) is 11.9 Å². The number of H-pyrrole nitrogens is 1. The summed E-state index contributed by atoms with van der Waals surface area (Å²) in [4.78, 5) is 3.38. The second-order valence-electron chi connectivity index (χ2n) is 22.1. The molecule has 1 fully saturated rings. The molecule has 0 saturated carbocycles. The van der Waals surface area contributed by atoms with Gasteiger partial charge in [-0.3, -0.25) is 0 Å². The van der Waals surface area contributed by atoms with Gasteiger partial charge in [-0.05, 0) is 140 Å². The third-order valence-electron chi connectivity index (χ3n) is 17.3. The Morgan fingerprint density at radius 3 is 2.49 bits per heavy atom. The fourth-order valence-electron chi connectivity index (χ4n) is 13.3. The van der Waals surface area contributed by atoms with Gasteiger partial charge in [0.05, 0.1) is 31.5 Å². The number of aromatic nitrogens is 1. The molecule has 76 heavy (non-hydrogen) atoms. The Kier molecular flexibility index (Phi) is 19.8. The number of ether oxygens (including phenoxy) is 2. The number of phenols is 1. The Labute approximate surface area is 458 Å². The van der Waals surface area contributed by atoms with Crippen molar-refractivity contribution in [3.8, 4) is 23.3 Å². The van der Waals surface area contributed by atoms with Gasteiger partial charge in [-0.2, -0.15) is 0 Å². The number of dihydropyridines is 1. The largest absolute Gasteiger partial charge is 0.504 e. The predicted octanol–water partition coefficient (Wildman–Crippen LogP) is 9.50. The zero-order valence-corrected chi connectivity index (χ0v) is 45.8. The van der Waals surface area contributed by atoms with Gasteiger partial charge < -0.3 is 56.1 Å². The summed E-state index contributed by atoms with van der Waals surface area (Å²) < 4.78 is 13.5. The van der Waals surface area contributed by atoms with E-state index < -0.39 is 29.6 Å². The zero-order chi connectivity index (χ0) is 53.0. The Morgan fingerprint density at radius 2 is 1.74 bits per heavy atom. The molecule has 1 aromatic heterocycles. The summed E-state index contributed by atoms with van der Waals surface area (Å²) >= 11 is 0. The number of aromatic hydroxyl groups is 1. The lowest BCUT2D eigenvalue weighted by atomic mass is 9.69. The highest BCUT2D eigenvalue weighted by Crippen LogP contribution is 2.52. The van der Waals surface area contributed by atoms with Crippen LogP contribution in [-0.2, 0) is 24.0 Å². The van der Waals surface area contributed by atoms with Crippen LogP contribution in [0.4, 0.5) is 0 Å². The van der Waals surface area contributed by atoms with Crippen LogP contribution in [0.3, 0.4) is 0 Å². The number of rotatable bonds is 17. The molecule has 3 aromatic carbocycles. The van der Waals surface area contributed by atoms with E-state index in [4.69, 9.17) is 15.2 Å². The van der Waals surface area contributed by atoms with E-state index in [2.05, 4.69) is 108 Å². The smallest absolute Gasteiger partial charge is 0.161 e. The van der Waals surface area contributed by atoms with E-state index in [1.807, 2.05) is 24.4 Å². The second-order valence-corrected chi connectivity index (χ2v) is 24.6. The van der Waals surface area contributed by atoms with Crippen LogP contribution in [0.5, 0.6) is 11.5 Å². The molecule has 4 aromatic rings. The van der Waals surface area contributed by atoms with Crippen molar-refractivity contribution in [1.82, 2.24) is 10.3 Å². The van der Waals surface area contributed by atoms with Crippen LogP contribution in [0.2, 0.25) is 0 Å². The number of hydrogen-bond donors (Lipinski definition) is 9. The normalized spacial score (nSPS) is 29.4. The lowest BCUT2D eigenvalue weighted by molar-refractivity contribution is -0.0606. The van der Waals surface area contributed by atoms with Gasteiger partial charge in [0.25, 0.3) is 0 Å². The fourth-order valence-corrected chi connectivity index (χ4v) is 15.8. The van der Waals surface area contributed by atoms with E-state index in [0.717, 1.165) is 72.9 Å². The molecule has 13 heteroatoms. The Balaban J connectivity index is 1.09. The summed E-state index contributed by atoms with van der Waals surface area (Å²) in [7, 11) is 3.26. The Morgan fingerprint density at radius 1 is 0.921 bits per heavy atom. The van der Waals surface area contributed by atoms with E-state index in [1.165, 1.54) is 16.7 Å². The molecule has 5 aliphatic rings. The molecular weight excluding hydrogens is 991 g/mol. The van der Waals surface area contributed by atoms with Crippen molar-refractivity contribution in [2.24, 2.45) is 40.7 Å². The molecule has 3 heterocycles. The van der Waals surface area contributed by atoms with Crippen molar-refractivity contribution in [2.75, 3.05) is 44.5 Å². The number of aliphatic hydroxyl groups is 5. The summed E-state index contributed by atoms with van der Waals surface area (Å²) in [5.74, 6) is 8.57. The predicted molar refractivity (Wildman–Crippen MR) is 306 cm³/mol. The van der Waals surface area contributed by atoms with Gasteiger partial charge in [0.15, 0.2) is 11.5 Å². The maximum atomic E-state index is 12.9. The number of aryl methyl sites for hydroxylation is 1. The number of phenolic OH excluding ortho intramolecular Hbond substituents is 1. The Bertz CT molecular complexity index is 2650. The molecule has 9 rings (SSSR count). The monoisotopic (exact) mass is 1070 g/mol. The van der Waals surface area contributed by atoms with Crippen LogP contribution >= 0.6 is 21.6 Å². The molecule has 3 aliphatic carbocycles. The maximum Gasteiger partial charge on any atom is 0.161 e. The number of nitrogens with two attached hydrogens (primary N) is 1. The molecule has 0 unspecified atom stereocenters. The number of allylic oxidation sites excluding steroid dienone is 3. The average Bonchev–Trinajstić information content (AvgIpc) is 3.90. The second kappa shape index (κ2) is 26.8. The number of aliphatic hydroxyl groups excluding tert-OH is 5. The van der Waals surface area contributed by atoms with Gasteiger partial charge in [-0.15, -0.1) is 0 Å². The van der Waals surface area contributed by atoms with Crippen molar-refractivity contribution in [3.63, 3.8) is 0 Å². The van der Waals surface area contributed by atoms with Crippen LogP contribution in [0, 0.1) is 46.8 Å². The number of fused-ring (bicyclic) bond motifs is 5. The number of nitrogens with one attached hydrogen (secondary N) is 2. The molecule has 12 atom stereocenters. The van der Waals surface area contributed by atoms with Crippen molar-refractivity contribution in [3.05, 3.63) is 154 Å². The lowest BCUT2D eigenvalue weighted by Gasteiger charge is -2.37. The quantitative estimate of drug-likeness (QED) is 0.0277. The standard InChI is InChI=1S/C63H81N3O8S2/c1-2-42-30-46-33-55(70)58(74-59-34-47(31-49-16-11-25-65-49)50-21-26-66-62(64)54(50)40-76-75-39-48(38-69)61(59)72)36-52(46)53-35-56(71)60-44(32-51(42)53)20-23-63(24-27-67,22-10-9-17-57(60)73-29-28-68)37-45(43-14-7-4-8-15-43)19-18-41-12-5-3-6-13-41/h3-8,11-16,21,25,32-33,36,42,44-45,47-48,53,56-57,59-61,65-72H,2,9-10,17-19,22,24,26-31,34-35,37-40,64H2,1H3/t42-,44-,45-,47+,48-,53-,56+,57-,59-,60-,61-,63-/m0/s1. The molecule has 0 bridgehead atoms. The maximum absolute atomic E-state index is 12.9.